The highest BCUT2D eigenvalue weighted by atomic mass is 32.1. The van der Waals surface area contributed by atoms with Crippen LogP contribution in [0.25, 0.3) is 0 Å². The molecule has 0 aliphatic carbocycles. The summed E-state index contributed by atoms with van der Waals surface area (Å²) in [6, 6.07) is 23.2. The fraction of sp³-hybridized carbons (Fsp3) is 0.0417. The molecule has 4 aromatic rings. The number of carbonyl (C=O) groups excluding carboxylic acids is 1. The van der Waals surface area contributed by atoms with E-state index in [1.54, 1.807) is 12.3 Å². The first-order chi connectivity index (χ1) is 14.8. The second-order valence-corrected chi connectivity index (χ2v) is 7.68. The first kappa shape index (κ1) is 18.3. The third-order valence-corrected chi connectivity index (χ3v) is 5.46. The van der Waals surface area contributed by atoms with Crippen LogP contribution in [0.2, 0.25) is 0 Å². The average Bonchev–Trinajstić information content (AvgIpc) is 3.44. The standard InChI is InChI=1S/C24H17N3O2S/c28-23(27-24-25-12-13-30-24)20-11-5-7-17-15-21(26-22(17)20)16-6-4-10-19(14-16)29-18-8-2-1-3-9-18/h1-14H,15H2,(H,25,27,28). The number of hydrogen-bond donors (Lipinski definition) is 1. The molecular weight excluding hydrogens is 394 g/mol. The molecular formula is C24H17N3O2S. The lowest BCUT2D eigenvalue weighted by Crippen LogP contribution is -2.11. The highest BCUT2D eigenvalue weighted by Gasteiger charge is 2.22. The summed E-state index contributed by atoms with van der Waals surface area (Å²) in [4.78, 5) is 21.7. The lowest BCUT2D eigenvalue weighted by atomic mass is 10.0. The number of nitrogens with one attached hydrogen (secondary N) is 1. The van der Waals surface area contributed by atoms with Gasteiger partial charge in [0.1, 0.15) is 11.5 Å². The number of rotatable bonds is 5. The molecule has 0 atom stereocenters. The summed E-state index contributed by atoms with van der Waals surface area (Å²) in [6.45, 7) is 0. The minimum atomic E-state index is -0.201. The van der Waals surface area contributed by atoms with Crippen molar-refractivity contribution < 1.29 is 9.53 Å². The molecule has 1 aliphatic heterocycles. The van der Waals surface area contributed by atoms with Crippen LogP contribution in [-0.2, 0) is 6.42 Å². The lowest BCUT2D eigenvalue weighted by Gasteiger charge is -2.07. The zero-order valence-corrected chi connectivity index (χ0v) is 16.7. The fourth-order valence-corrected chi connectivity index (χ4v) is 3.91. The normalized spacial score (nSPS) is 12.2. The van der Waals surface area contributed by atoms with E-state index in [1.165, 1.54) is 11.3 Å². The van der Waals surface area contributed by atoms with Crippen molar-refractivity contribution in [1.29, 1.82) is 0 Å². The van der Waals surface area contributed by atoms with E-state index < -0.39 is 0 Å². The van der Waals surface area contributed by atoms with Gasteiger partial charge in [0.05, 0.1) is 17.0 Å². The number of carbonyl (C=O) groups is 1. The third-order valence-electron chi connectivity index (χ3n) is 4.77. The Labute approximate surface area is 177 Å². The molecule has 1 amide bonds. The van der Waals surface area contributed by atoms with E-state index in [-0.39, 0.29) is 5.91 Å². The van der Waals surface area contributed by atoms with Crippen LogP contribution in [0.5, 0.6) is 11.5 Å². The number of benzene rings is 3. The number of hydrogen-bond acceptors (Lipinski definition) is 5. The van der Waals surface area contributed by atoms with Crippen molar-refractivity contribution >= 4 is 33.8 Å². The monoisotopic (exact) mass is 411 g/mol. The molecule has 0 spiro atoms. The highest BCUT2D eigenvalue weighted by Crippen LogP contribution is 2.34. The summed E-state index contributed by atoms with van der Waals surface area (Å²) in [5.74, 6) is 1.33. The van der Waals surface area contributed by atoms with Crippen LogP contribution in [-0.4, -0.2) is 16.6 Å². The van der Waals surface area contributed by atoms with Gasteiger partial charge in [-0.2, -0.15) is 0 Å². The maximum atomic E-state index is 12.7. The minimum absolute atomic E-state index is 0.201. The Morgan fingerprint density at radius 1 is 0.967 bits per heavy atom. The Balaban J connectivity index is 1.42. The maximum Gasteiger partial charge on any atom is 0.259 e. The number of ether oxygens (including phenoxy) is 1. The van der Waals surface area contributed by atoms with Crippen molar-refractivity contribution in [3.05, 3.63) is 101 Å². The van der Waals surface area contributed by atoms with Crippen LogP contribution in [0.4, 0.5) is 10.8 Å². The Kier molecular flexibility index (Phi) is 4.83. The molecule has 1 N–H and O–H groups in total. The SMILES string of the molecule is O=C(Nc1nccs1)c1cccc2c1N=C(c1cccc(Oc3ccccc3)c1)C2. The third kappa shape index (κ3) is 3.73. The number of fused-ring (bicyclic) bond motifs is 1. The van der Waals surface area contributed by atoms with Crippen molar-refractivity contribution in [3.63, 3.8) is 0 Å². The van der Waals surface area contributed by atoms with Gasteiger partial charge in [-0.25, -0.2) is 4.98 Å². The molecule has 0 saturated carbocycles. The predicted octanol–water partition coefficient (Wildman–Crippen LogP) is 5.86. The van der Waals surface area contributed by atoms with E-state index in [4.69, 9.17) is 9.73 Å². The van der Waals surface area contributed by atoms with Crippen molar-refractivity contribution in [3.8, 4) is 11.5 Å². The molecule has 2 heterocycles. The van der Waals surface area contributed by atoms with Crippen LogP contribution in [0.1, 0.15) is 21.5 Å². The van der Waals surface area contributed by atoms with E-state index in [0.29, 0.717) is 17.1 Å². The summed E-state index contributed by atoms with van der Waals surface area (Å²) < 4.78 is 5.95. The van der Waals surface area contributed by atoms with E-state index in [2.05, 4.69) is 10.3 Å². The summed E-state index contributed by atoms with van der Waals surface area (Å²) in [5.41, 5.74) is 4.19. The van der Waals surface area contributed by atoms with Crippen molar-refractivity contribution in [2.75, 3.05) is 5.32 Å². The quantitative estimate of drug-likeness (QED) is 0.447. The lowest BCUT2D eigenvalue weighted by molar-refractivity contribution is 0.102. The summed E-state index contributed by atoms with van der Waals surface area (Å²) in [6.07, 6.45) is 2.33. The number of nitrogens with zero attached hydrogens (tertiary/aromatic N) is 2. The Hall–Kier alpha value is -3.77. The molecule has 0 radical (unpaired) electrons. The molecule has 0 saturated heterocycles. The Morgan fingerprint density at radius 3 is 2.63 bits per heavy atom. The fourth-order valence-electron chi connectivity index (χ4n) is 3.38. The number of anilines is 1. The smallest absolute Gasteiger partial charge is 0.259 e. The first-order valence-electron chi connectivity index (χ1n) is 9.50. The van der Waals surface area contributed by atoms with Gasteiger partial charge in [0.2, 0.25) is 0 Å². The minimum Gasteiger partial charge on any atom is -0.457 e. The molecule has 146 valence electrons. The zero-order valence-electron chi connectivity index (χ0n) is 15.9. The molecule has 0 bridgehead atoms. The number of amides is 1. The summed E-state index contributed by atoms with van der Waals surface area (Å²) in [5, 5.41) is 5.24. The molecule has 3 aromatic carbocycles. The van der Waals surface area contributed by atoms with Gasteiger partial charge < -0.3 is 4.74 Å². The topological polar surface area (TPSA) is 63.6 Å². The zero-order chi connectivity index (χ0) is 20.3. The molecule has 5 rings (SSSR count). The molecule has 0 fully saturated rings. The van der Waals surface area contributed by atoms with Gasteiger partial charge in [-0.05, 0) is 41.5 Å². The second-order valence-electron chi connectivity index (χ2n) is 6.78. The van der Waals surface area contributed by atoms with Gasteiger partial charge in [0.15, 0.2) is 5.13 Å². The van der Waals surface area contributed by atoms with Crippen LogP contribution in [0.15, 0.2) is 89.4 Å². The molecule has 30 heavy (non-hydrogen) atoms. The van der Waals surface area contributed by atoms with Gasteiger partial charge in [-0.1, -0.05) is 42.5 Å². The molecule has 0 unspecified atom stereocenters. The van der Waals surface area contributed by atoms with Crippen LogP contribution in [0.3, 0.4) is 0 Å². The summed E-state index contributed by atoms with van der Waals surface area (Å²) >= 11 is 1.39. The van der Waals surface area contributed by atoms with Gasteiger partial charge in [0.25, 0.3) is 5.91 Å². The van der Waals surface area contributed by atoms with Gasteiger partial charge in [-0.3, -0.25) is 15.1 Å². The van der Waals surface area contributed by atoms with Crippen molar-refractivity contribution in [2.24, 2.45) is 4.99 Å². The van der Waals surface area contributed by atoms with Crippen molar-refractivity contribution in [2.45, 2.75) is 6.42 Å². The predicted molar refractivity (Wildman–Crippen MR) is 119 cm³/mol. The van der Waals surface area contributed by atoms with Crippen LogP contribution < -0.4 is 10.1 Å². The van der Waals surface area contributed by atoms with Crippen LogP contribution in [0, 0.1) is 0 Å². The van der Waals surface area contributed by atoms with E-state index in [0.717, 1.165) is 34.0 Å². The number of aromatic nitrogens is 1. The maximum absolute atomic E-state index is 12.7. The summed E-state index contributed by atoms with van der Waals surface area (Å²) in [7, 11) is 0. The van der Waals surface area contributed by atoms with E-state index >= 15 is 0 Å². The molecule has 1 aromatic heterocycles. The highest BCUT2D eigenvalue weighted by molar-refractivity contribution is 7.13. The molecule has 1 aliphatic rings. The van der Waals surface area contributed by atoms with Crippen molar-refractivity contribution in [1.82, 2.24) is 4.98 Å². The number of para-hydroxylation sites is 2. The van der Waals surface area contributed by atoms with Gasteiger partial charge >= 0.3 is 0 Å². The van der Waals surface area contributed by atoms with E-state index in [9.17, 15) is 4.79 Å². The number of aliphatic imine (C=N–C) groups is 1. The average molecular weight is 411 g/mol. The number of thiazole rings is 1. The van der Waals surface area contributed by atoms with E-state index in [1.807, 2.05) is 72.1 Å². The largest absolute Gasteiger partial charge is 0.457 e. The Bertz CT molecular complexity index is 1230. The molecule has 5 nitrogen and oxygen atoms in total. The second kappa shape index (κ2) is 7.93. The van der Waals surface area contributed by atoms with Crippen LogP contribution >= 0.6 is 11.3 Å². The van der Waals surface area contributed by atoms with Gasteiger partial charge in [-0.15, -0.1) is 11.3 Å². The first-order valence-corrected chi connectivity index (χ1v) is 10.4. The molecule has 6 heteroatoms. The van der Waals surface area contributed by atoms with Gasteiger partial charge in [0, 0.05) is 18.0 Å². The Morgan fingerprint density at radius 2 is 1.80 bits per heavy atom.